The summed E-state index contributed by atoms with van der Waals surface area (Å²) in [6.07, 6.45) is 5.10. The van der Waals surface area contributed by atoms with Crippen LogP contribution in [0.1, 0.15) is 36.4 Å². The Morgan fingerprint density at radius 2 is 1.76 bits per heavy atom. The molecule has 1 fully saturated rings. The number of nitrogens with zero attached hydrogens (tertiary/aromatic N) is 3. The summed E-state index contributed by atoms with van der Waals surface area (Å²) < 4.78 is 0. The highest BCUT2D eigenvalue weighted by Crippen LogP contribution is 2.38. The Morgan fingerprint density at radius 3 is 2.43 bits per heavy atom. The lowest BCUT2D eigenvalue weighted by Gasteiger charge is -2.35. The molecule has 7 nitrogen and oxygen atoms in total. The number of amides is 4. The lowest BCUT2D eigenvalue weighted by atomic mass is 9.95. The van der Waals surface area contributed by atoms with E-state index in [1.807, 2.05) is 47.4 Å². The molecule has 2 aromatic rings. The normalized spacial score (nSPS) is 20.6. The van der Waals surface area contributed by atoms with Crippen molar-refractivity contribution in [1.29, 1.82) is 0 Å². The number of hydrogen-bond donors (Lipinski definition) is 1. The van der Waals surface area contributed by atoms with E-state index in [0.29, 0.717) is 35.8 Å². The van der Waals surface area contributed by atoms with E-state index in [9.17, 15) is 14.4 Å². The van der Waals surface area contributed by atoms with E-state index in [4.69, 9.17) is 11.6 Å². The maximum Gasteiger partial charge on any atom is 0.322 e. The van der Waals surface area contributed by atoms with E-state index in [0.717, 1.165) is 30.4 Å². The Bertz CT molecular complexity index is 1220. The first-order chi connectivity index (χ1) is 18.0. The molecule has 0 unspecified atom stereocenters. The number of piperidine rings is 1. The van der Waals surface area contributed by atoms with Crippen LogP contribution in [0.3, 0.4) is 0 Å². The van der Waals surface area contributed by atoms with Crippen LogP contribution in [-0.2, 0) is 16.0 Å². The van der Waals surface area contributed by atoms with Gasteiger partial charge in [0.15, 0.2) is 0 Å². The average molecular weight is 519 g/mol. The Balaban J connectivity index is 1.52. The third kappa shape index (κ3) is 5.01. The number of halogens is 1. The van der Waals surface area contributed by atoms with Crippen LogP contribution in [0, 0.1) is 0 Å². The first-order valence-corrected chi connectivity index (χ1v) is 13.2. The zero-order chi connectivity index (χ0) is 25.9. The summed E-state index contributed by atoms with van der Waals surface area (Å²) in [6, 6.07) is 15.3. The highest BCUT2D eigenvalue weighted by Gasteiger charge is 2.47. The van der Waals surface area contributed by atoms with Crippen LogP contribution in [0.15, 0.2) is 78.5 Å². The molecule has 4 amide bonds. The minimum absolute atomic E-state index is 0.0330. The van der Waals surface area contributed by atoms with Crippen molar-refractivity contribution in [3.8, 4) is 0 Å². The Hall–Kier alpha value is -3.58. The van der Waals surface area contributed by atoms with Crippen LogP contribution >= 0.6 is 11.6 Å². The number of rotatable bonds is 7. The van der Waals surface area contributed by atoms with E-state index in [-0.39, 0.29) is 30.9 Å². The molecular weight excluding hydrogens is 488 g/mol. The van der Waals surface area contributed by atoms with Crippen LogP contribution < -0.4 is 5.32 Å². The number of urea groups is 1. The van der Waals surface area contributed by atoms with Crippen LogP contribution in [0.25, 0.3) is 0 Å². The Labute approximate surface area is 222 Å². The van der Waals surface area contributed by atoms with Crippen molar-refractivity contribution in [2.24, 2.45) is 0 Å². The zero-order valence-electron chi connectivity index (χ0n) is 20.7. The number of likely N-dealkylation sites (tertiary alicyclic amines) is 1. The van der Waals surface area contributed by atoms with Gasteiger partial charge in [0.05, 0.1) is 23.9 Å². The zero-order valence-corrected chi connectivity index (χ0v) is 21.5. The van der Waals surface area contributed by atoms with E-state index in [1.165, 1.54) is 0 Å². The predicted octanol–water partition coefficient (Wildman–Crippen LogP) is 4.31. The van der Waals surface area contributed by atoms with Gasteiger partial charge in [0.1, 0.15) is 6.04 Å². The fourth-order valence-corrected chi connectivity index (χ4v) is 5.61. The minimum Gasteiger partial charge on any atom is -0.341 e. The summed E-state index contributed by atoms with van der Waals surface area (Å²) in [5.74, 6) is -0.260. The van der Waals surface area contributed by atoms with Gasteiger partial charge in [-0.1, -0.05) is 60.1 Å². The number of carbonyl (C=O) groups is 3. The maximum atomic E-state index is 14.1. The van der Waals surface area contributed by atoms with Gasteiger partial charge in [-0.2, -0.15) is 0 Å². The maximum absolute atomic E-state index is 14.1. The smallest absolute Gasteiger partial charge is 0.322 e. The summed E-state index contributed by atoms with van der Waals surface area (Å²) >= 11 is 6.10. The molecule has 5 rings (SSSR count). The lowest BCUT2D eigenvalue weighted by Crippen LogP contribution is -2.52. The van der Waals surface area contributed by atoms with Crippen LogP contribution in [0.4, 0.5) is 4.79 Å². The molecule has 8 heteroatoms. The summed E-state index contributed by atoms with van der Waals surface area (Å²) in [7, 11) is 0. The number of nitrogens with one attached hydrogen (secondary N) is 1. The first-order valence-electron chi connectivity index (χ1n) is 12.8. The molecule has 0 bridgehead atoms. The number of benzene rings is 2. The quantitative estimate of drug-likeness (QED) is 0.555. The molecule has 0 radical (unpaired) electrons. The largest absolute Gasteiger partial charge is 0.341 e. The second-order valence-electron chi connectivity index (χ2n) is 9.72. The number of hydrogen-bond acceptors (Lipinski definition) is 3. The first kappa shape index (κ1) is 25.1. The molecule has 1 N–H and O–H groups in total. The molecule has 3 aliphatic heterocycles. The van der Waals surface area contributed by atoms with Crippen molar-refractivity contribution in [2.75, 3.05) is 26.2 Å². The second-order valence-corrected chi connectivity index (χ2v) is 10.2. The van der Waals surface area contributed by atoms with Crippen molar-refractivity contribution >= 4 is 29.4 Å². The van der Waals surface area contributed by atoms with Gasteiger partial charge in [-0.15, -0.1) is 6.58 Å². The summed E-state index contributed by atoms with van der Waals surface area (Å²) in [5, 5.41) is 3.56. The van der Waals surface area contributed by atoms with Crippen LogP contribution in [0.2, 0.25) is 5.02 Å². The Morgan fingerprint density at radius 1 is 1.05 bits per heavy atom. The van der Waals surface area contributed by atoms with Gasteiger partial charge in [-0.05, 0) is 42.5 Å². The highest BCUT2D eigenvalue weighted by molar-refractivity contribution is 6.30. The molecule has 0 saturated carbocycles. The van der Waals surface area contributed by atoms with Gasteiger partial charge in [0.2, 0.25) is 5.91 Å². The topological polar surface area (TPSA) is 73.0 Å². The van der Waals surface area contributed by atoms with E-state index < -0.39 is 12.1 Å². The Kier molecular flexibility index (Phi) is 7.33. The van der Waals surface area contributed by atoms with Crippen molar-refractivity contribution < 1.29 is 14.4 Å². The van der Waals surface area contributed by atoms with Gasteiger partial charge in [-0.3, -0.25) is 14.5 Å². The molecule has 192 valence electrons. The van der Waals surface area contributed by atoms with Gasteiger partial charge < -0.3 is 15.1 Å². The molecule has 3 heterocycles. The minimum atomic E-state index is -0.662. The summed E-state index contributed by atoms with van der Waals surface area (Å²) in [6.45, 7) is 5.66. The molecule has 2 atom stereocenters. The predicted molar refractivity (Wildman–Crippen MR) is 143 cm³/mol. The second kappa shape index (κ2) is 10.8. The van der Waals surface area contributed by atoms with Crippen molar-refractivity contribution in [2.45, 2.75) is 37.8 Å². The molecular formula is C29H31ClN4O3. The monoisotopic (exact) mass is 518 g/mol. The molecule has 37 heavy (non-hydrogen) atoms. The SMILES string of the molecule is C=CCN1C(=O)N[C@@H](c2ccc(Cl)cc2)C2=C1CN([C@H](Cc1ccccc1)C(=O)N1CCCCC1)C2=O. The van der Waals surface area contributed by atoms with Gasteiger partial charge in [-0.25, -0.2) is 4.79 Å². The molecule has 1 saturated heterocycles. The fourth-order valence-electron chi connectivity index (χ4n) is 5.49. The third-order valence-corrected chi connectivity index (χ3v) is 7.62. The van der Waals surface area contributed by atoms with E-state index >= 15 is 0 Å². The van der Waals surface area contributed by atoms with Crippen LogP contribution in [-0.4, -0.2) is 64.8 Å². The average Bonchev–Trinajstić information content (AvgIpc) is 3.26. The summed E-state index contributed by atoms with van der Waals surface area (Å²) in [5.41, 5.74) is 2.87. The molecule has 3 aliphatic rings. The van der Waals surface area contributed by atoms with E-state index in [2.05, 4.69) is 11.9 Å². The van der Waals surface area contributed by atoms with Gasteiger partial charge in [0.25, 0.3) is 5.91 Å². The van der Waals surface area contributed by atoms with Gasteiger partial charge >= 0.3 is 6.03 Å². The van der Waals surface area contributed by atoms with Crippen molar-refractivity contribution in [1.82, 2.24) is 20.0 Å². The molecule has 0 aromatic heterocycles. The van der Waals surface area contributed by atoms with Crippen molar-refractivity contribution in [3.63, 3.8) is 0 Å². The molecule has 2 aromatic carbocycles. The van der Waals surface area contributed by atoms with Crippen LogP contribution in [0.5, 0.6) is 0 Å². The molecule has 0 spiro atoms. The third-order valence-electron chi connectivity index (χ3n) is 7.37. The standard InChI is InChI=1S/C29H31ClN4O3/c1-2-15-33-24-19-34(28(36)25(24)26(31-29(33)37)21-11-13-22(30)14-12-21)23(18-20-9-5-3-6-10-20)27(35)32-16-7-4-8-17-32/h2-3,5-6,9-14,23,26H,1,4,7-8,15-19H2,(H,31,37)/t23-,26+/m1/s1. The fraction of sp³-hybridized carbons (Fsp3) is 0.345. The molecule has 0 aliphatic carbocycles. The number of carbonyl (C=O) groups excluding carboxylic acids is 3. The highest BCUT2D eigenvalue weighted by atomic mass is 35.5. The van der Waals surface area contributed by atoms with Gasteiger partial charge in [0, 0.05) is 31.1 Å². The lowest BCUT2D eigenvalue weighted by molar-refractivity contribution is -0.143. The van der Waals surface area contributed by atoms with E-state index in [1.54, 1.807) is 28.0 Å². The van der Waals surface area contributed by atoms with Crippen molar-refractivity contribution in [3.05, 3.63) is 94.7 Å². The summed E-state index contributed by atoms with van der Waals surface area (Å²) in [4.78, 5) is 46.3.